The Bertz CT molecular complexity index is 617. The fraction of sp³-hybridized carbons (Fsp3) is 0.250. The number of benzene rings is 2. The second-order valence-corrected chi connectivity index (χ2v) is 6.55. The molecule has 0 N–H and O–H groups in total. The number of rotatable bonds is 3. The lowest BCUT2D eigenvalue weighted by atomic mass is 9.99. The molecule has 0 aliphatic heterocycles. The Hall–Kier alpha value is -0.870. The van der Waals surface area contributed by atoms with Gasteiger partial charge in [0.25, 0.3) is 0 Å². The van der Waals surface area contributed by atoms with Gasteiger partial charge in [-0.1, -0.05) is 50.1 Å². The average molecular weight is 402 g/mol. The fourth-order valence-electron chi connectivity index (χ4n) is 2.20. The van der Waals surface area contributed by atoms with Crippen LogP contribution in [0.4, 0.5) is 4.39 Å². The van der Waals surface area contributed by atoms with Crippen molar-refractivity contribution in [3.8, 4) is 5.75 Å². The predicted molar refractivity (Wildman–Crippen MR) is 87.3 cm³/mol. The van der Waals surface area contributed by atoms with Crippen LogP contribution in [0, 0.1) is 19.7 Å². The summed E-state index contributed by atoms with van der Waals surface area (Å²) in [6, 6.07) is 9.62. The topological polar surface area (TPSA) is 9.23 Å². The number of methoxy groups -OCH3 is 1. The SMILES string of the molecule is COc1cc(Br)ccc1C(Br)c1cc(C)c(F)c(C)c1. The lowest BCUT2D eigenvalue weighted by Crippen LogP contribution is -2.00. The molecule has 0 aromatic heterocycles. The number of alkyl halides is 1. The molecule has 0 heterocycles. The van der Waals surface area contributed by atoms with Gasteiger partial charge in [-0.15, -0.1) is 0 Å². The lowest BCUT2D eigenvalue weighted by molar-refractivity contribution is 0.410. The van der Waals surface area contributed by atoms with Crippen LogP contribution in [0.15, 0.2) is 34.8 Å². The van der Waals surface area contributed by atoms with Gasteiger partial charge >= 0.3 is 0 Å². The van der Waals surface area contributed by atoms with Crippen LogP contribution in [0.25, 0.3) is 0 Å². The molecule has 1 unspecified atom stereocenters. The van der Waals surface area contributed by atoms with Gasteiger partial charge in [-0.25, -0.2) is 4.39 Å². The van der Waals surface area contributed by atoms with Gasteiger partial charge in [0, 0.05) is 10.0 Å². The molecule has 2 aromatic rings. The minimum Gasteiger partial charge on any atom is -0.496 e. The van der Waals surface area contributed by atoms with E-state index in [-0.39, 0.29) is 10.6 Å². The predicted octanol–water partition coefficient (Wildman–Crippen LogP) is 5.70. The number of hydrogen-bond acceptors (Lipinski definition) is 1. The minimum atomic E-state index is -0.142. The molecule has 1 atom stereocenters. The van der Waals surface area contributed by atoms with Crippen LogP contribution in [-0.4, -0.2) is 7.11 Å². The molecule has 0 fully saturated rings. The summed E-state index contributed by atoms with van der Waals surface area (Å²) in [5.74, 6) is 0.650. The Morgan fingerprint density at radius 3 is 2.25 bits per heavy atom. The Morgan fingerprint density at radius 1 is 1.10 bits per heavy atom. The maximum atomic E-state index is 13.7. The number of hydrogen-bond donors (Lipinski definition) is 0. The molecule has 20 heavy (non-hydrogen) atoms. The lowest BCUT2D eigenvalue weighted by Gasteiger charge is -2.16. The van der Waals surface area contributed by atoms with Crippen molar-refractivity contribution in [2.75, 3.05) is 7.11 Å². The Morgan fingerprint density at radius 2 is 1.70 bits per heavy atom. The highest BCUT2D eigenvalue weighted by Crippen LogP contribution is 2.38. The first-order valence-electron chi connectivity index (χ1n) is 6.18. The second-order valence-electron chi connectivity index (χ2n) is 4.72. The minimum absolute atomic E-state index is 0.0384. The van der Waals surface area contributed by atoms with Crippen molar-refractivity contribution < 1.29 is 9.13 Å². The van der Waals surface area contributed by atoms with Gasteiger partial charge in [0.15, 0.2) is 0 Å². The zero-order valence-corrected chi connectivity index (χ0v) is 14.7. The fourth-order valence-corrected chi connectivity index (χ4v) is 3.18. The van der Waals surface area contributed by atoms with Crippen LogP contribution in [0.5, 0.6) is 5.75 Å². The van der Waals surface area contributed by atoms with E-state index in [4.69, 9.17) is 4.74 Å². The molecule has 0 spiro atoms. The van der Waals surface area contributed by atoms with Crippen molar-refractivity contribution in [1.82, 2.24) is 0 Å². The summed E-state index contributed by atoms with van der Waals surface area (Å²) in [6.45, 7) is 3.56. The second kappa shape index (κ2) is 6.27. The molecule has 0 radical (unpaired) electrons. The van der Waals surface area contributed by atoms with E-state index in [9.17, 15) is 4.39 Å². The maximum Gasteiger partial charge on any atom is 0.129 e. The standard InChI is InChI=1S/C16H15Br2FO/c1-9-6-11(7-10(2)16(9)19)15(18)13-5-4-12(17)8-14(13)20-3/h4-8,15H,1-3H3. The molecule has 106 valence electrons. The average Bonchev–Trinajstić information content (AvgIpc) is 2.43. The van der Waals surface area contributed by atoms with Crippen molar-refractivity contribution in [2.24, 2.45) is 0 Å². The van der Waals surface area contributed by atoms with Crippen LogP contribution in [-0.2, 0) is 0 Å². The first-order valence-corrected chi connectivity index (χ1v) is 7.89. The Labute approximate surface area is 135 Å². The molecule has 2 aromatic carbocycles. The van der Waals surface area contributed by atoms with Crippen LogP contribution in [0.2, 0.25) is 0 Å². The summed E-state index contributed by atoms with van der Waals surface area (Å²) in [5, 5.41) is 0. The highest BCUT2D eigenvalue weighted by atomic mass is 79.9. The Kier molecular flexibility index (Phi) is 4.86. The van der Waals surface area contributed by atoms with E-state index < -0.39 is 0 Å². The van der Waals surface area contributed by atoms with Gasteiger partial charge in [-0.05, 0) is 42.7 Å². The van der Waals surface area contributed by atoms with Crippen molar-refractivity contribution >= 4 is 31.9 Å². The summed E-state index contributed by atoms with van der Waals surface area (Å²) in [6.07, 6.45) is 0. The third-order valence-electron chi connectivity index (χ3n) is 3.22. The zero-order valence-electron chi connectivity index (χ0n) is 11.5. The number of ether oxygens (including phenoxy) is 1. The molecule has 0 saturated heterocycles. The quantitative estimate of drug-likeness (QED) is 0.599. The van der Waals surface area contributed by atoms with Crippen molar-refractivity contribution in [3.05, 3.63) is 62.9 Å². The summed E-state index contributed by atoms with van der Waals surface area (Å²) >= 11 is 7.12. The number of aryl methyl sites for hydroxylation is 2. The van der Waals surface area contributed by atoms with Gasteiger partial charge < -0.3 is 4.74 Å². The van der Waals surface area contributed by atoms with E-state index >= 15 is 0 Å². The van der Waals surface area contributed by atoms with Gasteiger partial charge in [0.2, 0.25) is 0 Å². The van der Waals surface area contributed by atoms with Gasteiger partial charge in [-0.3, -0.25) is 0 Å². The maximum absolute atomic E-state index is 13.7. The van der Waals surface area contributed by atoms with Crippen LogP contribution in [0.3, 0.4) is 0 Å². The molecular formula is C16H15Br2FO. The molecule has 0 aliphatic carbocycles. The van der Waals surface area contributed by atoms with Crippen LogP contribution >= 0.6 is 31.9 Å². The van der Waals surface area contributed by atoms with Crippen LogP contribution < -0.4 is 4.74 Å². The highest BCUT2D eigenvalue weighted by molar-refractivity contribution is 9.10. The van der Waals surface area contributed by atoms with E-state index in [0.717, 1.165) is 21.3 Å². The molecule has 1 nitrogen and oxygen atoms in total. The number of halogens is 3. The van der Waals surface area contributed by atoms with Crippen molar-refractivity contribution in [1.29, 1.82) is 0 Å². The van der Waals surface area contributed by atoms with Gasteiger partial charge in [0.05, 0.1) is 11.9 Å². The Balaban J connectivity index is 2.48. The van der Waals surface area contributed by atoms with Gasteiger partial charge in [-0.2, -0.15) is 0 Å². The largest absolute Gasteiger partial charge is 0.496 e. The van der Waals surface area contributed by atoms with Crippen LogP contribution in [0.1, 0.15) is 27.1 Å². The zero-order chi connectivity index (χ0) is 14.9. The first kappa shape index (κ1) is 15.5. The monoisotopic (exact) mass is 400 g/mol. The van der Waals surface area contributed by atoms with Gasteiger partial charge in [0.1, 0.15) is 11.6 Å². The molecule has 2 rings (SSSR count). The van der Waals surface area contributed by atoms with E-state index in [1.807, 2.05) is 30.3 Å². The summed E-state index contributed by atoms with van der Waals surface area (Å²) in [4.78, 5) is -0.0384. The molecule has 4 heteroatoms. The summed E-state index contributed by atoms with van der Waals surface area (Å²) in [5.41, 5.74) is 3.34. The smallest absolute Gasteiger partial charge is 0.129 e. The van der Waals surface area contributed by atoms with E-state index in [1.165, 1.54) is 0 Å². The molecule has 0 amide bonds. The van der Waals surface area contributed by atoms with Crippen molar-refractivity contribution in [2.45, 2.75) is 18.7 Å². The first-order chi connectivity index (χ1) is 9.43. The summed E-state index contributed by atoms with van der Waals surface area (Å²) in [7, 11) is 1.64. The van der Waals surface area contributed by atoms with E-state index in [1.54, 1.807) is 21.0 Å². The molecule has 0 bridgehead atoms. The normalized spacial score (nSPS) is 12.3. The third-order valence-corrected chi connectivity index (χ3v) is 4.74. The molecule has 0 saturated carbocycles. The molecule has 0 aliphatic rings. The highest BCUT2D eigenvalue weighted by Gasteiger charge is 2.17. The van der Waals surface area contributed by atoms with Crippen molar-refractivity contribution in [3.63, 3.8) is 0 Å². The third kappa shape index (κ3) is 3.07. The van der Waals surface area contributed by atoms with E-state index in [0.29, 0.717) is 11.1 Å². The summed E-state index contributed by atoms with van der Waals surface area (Å²) < 4.78 is 20.1. The van der Waals surface area contributed by atoms with E-state index in [2.05, 4.69) is 31.9 Å². The molecular weight excluding hydrogens is 387 g/mol.